The van der Waals surface area contributed by atoms with E-state index in [-0.39, 0.29) is 9.79 Å². The van der Waals surface area contributed by atoms with Crippen molar-refractivity contribution >= 4 is 37.2 Å². The second kappa shape index (κ2) is 16.5. The molecule has 0 spiro atoms. The molecule has 3 saturated heterocycles. The number of piperidine rings is 3. The standard InChI is InChI=1S/C38H54N4O4S2/c1-3-4-5-6-10-27-46-32-11-14-34(15-12-32)48(44,45)37-29-39-36-16-13-33(47(2)43)28-35(36)38(37)42-25-19-31(20-26-42)41-23-17-30(18-24-41)40-21-8-7-9-22-40/h11-16,28-31H,3-10,17-27H2,1-2H3. The molecule has 3 aromatic rings. The van der Waals surface area contributed by atoms with Crippen molar-refractivity contribution < 1.29 is 17.4 Å². The zero-order chi connectivity index (χ0) is 33.5. The zero-order valence-corrected chi connectivity index (χ0v) is 30.6. The molecule has 0 radical (unpaired) electrons. The molecule has 3 aliphatic rings. The van der Waals surface area contributed by atoms with Gasteiger partial charge in [-0.3, -0.25) is 9.19 Å². The minimum Gasteiger partial charge on any atom is -0.494 e. The molecule has 48 heavy (non-hydrogen) atoms. The van der Waals surface area contributed by atoms with Crippen molar-refractivity contribution in [3.05, 3.63) is 48.7 Å². The number of aromatic nitrogens is 1. The van der Waals surface area contributed by atoms with E-state index in [0.29, 0.717) is 34.5 Å². The van der Waals surface area contributed by atoms with Crippen molar-refractivity contribution in [2.75, 3.05) is 57.0 Å². The van der Waals surface area contributed by atoms with E-state index in [1.54, 1.807) is 30.5 Å². The van der Waals surface area contributed by atoms with Crippen LogP contribution >= 0.6 is 0 Å². The van der Waals surface area contributed by atoms with Crippen LogP contribution in [0.5, 0.6) is 5.75 Å². The topological polar surface area (TPSA) is 83.0 Å². The Labute approximate surface area is 290 Å². The lowest BCUT2D eigenvalue weighted by molar-refractivity contribution is 0.0654. The minimum absolute atomic E-state index is 0.208. The molecule has 1 atom stereocenters. The number of unbranched alkanes of at least 4 members (excludes halogenated alkanes) is 4. The maximum absolute atomic E-state index is 14.3. The van der Waals surface area contributed by atoms with Crippen LogP contribution in [0.25, 0.3) is 10.9 Å². The Bertz CT molecular complexity index is 1630. The Balaban J connectivity index is 1.19. The number of sulfone groups is 1. The highest BCUT2D eigenvalue weighted by atomic mass is 32.2. The van der Waals surface area contributed by atoms with Crippen LogP contribution in [0, 0.1) is 0 Å². The third-order valence-electron chi connectivity index (χ3n) is 10.8. The third-order valence-corrected chi connectivity index (χ3v) is 13.4. The number of likely N-dealkylation sites (tertiary alicyclic amines) is 2. The van der Waals surface area contributed by atoms with Gasteiger partial charge in [0.05, 0.1) is 22.7 Å². The third kappa shape index (κ3) is 8.25. The van der Waals surface area contributed by atoms with Crippen LogP contribution in [-0.4, -0.2) is 91.6 Å². The van der Waals surface area contributed by atoms with Gasteiger partial charge in [-0.05, 0) is 114 Å². The van der Waals surface area contributed by atoms with E-state index in [1.165, 1.54) is 70.7 Å². The van der Waals surface area contributed by atoms with E-state index < -0.39 is 20.6 Å². The fourth-order valence-electron chi connectivity index (χ4n) is 7.93. The summed E-state index contributed by atoms with van der Waals surface area (Å²) in [6, 6.07) is 13.6. The van der Waals surface area contributed by atoms with Gasteiger partial charge in [-0.1, -0.05) is 39.0 Å². The van der Waals surface area contributed by atoms with Crippen LogP contribution in [0.2, 0.25) is 0 Å². The van der Waals surface area contributed by atoms with Gasteiger partial charge in [0.1, 0.15) is 10.6 Å². The molecule has 3 aliphatic heterocycles. The molecule has 1 aromatic heterocycles. The Morgan fingerprint density at radius 1 is 0.812 bits per heavy atom. The summed E-state index contributed by atoms with van der Waals surface area (Å²) >= 11 is 0. The number of hydrogen-bond acceptors (Lipinski definition) is 8. The highest BCUT2D eigenvalue weighted by Gasteiger charge is 2.33. The van der Waals surface area contributed by atoms with E-state index in [1.807, 2.05) is 18.2 Å². The van der Waals surface area contributed by atoms with Crippen molar-refractivity contribution in [3.8, 4) is 5.75 Å². The lowest BCUT2D eigenvalue weighted by atomic mass is 9.95. The Hall–Kier alpha value is -2.53. The maximum atomic E-state index is 14.3. The zero-order valence-electron chi connectivity index (χ0n) is 28.9. The van der Waals surface area contributed by atoms with Gasteiger partial charge >= 0.3 is 0 Å². The van der Waals surface area contributed by atoms with Crippen LogP contribution in [0.3, 0.4) is 0 Å². The summed E-state index contributed by atoms with van der Waals surface area (Å²) in [6.45, 7) is 9.18. The van der Waals surface area contributed by atoms with Crippen molar-refractivity contribution in [2.24, 2.45) is 0 Å². The Morgan fingerprint density at radius 3 is 2.12 bits per heavy atom. The first-order chi connectivity index (χ1) is 23.3. The largest absolute Gasteiger partial charge is 0.494 e. The summed E-state index contributed by atoms with van der Waals surface area (Å²) in [4.78, 5) is 13.4. The van der Waals surface area contributed by atoms with Crippen LogP contribution in [-0.2, 0) is 20.6 Å². The normalized spacial score (nSPS) is 19.9. The monoisotopic (exact) mass is 694 g/mol. The highest BCUT2D eigenvalue weighted by molar-refractivity contribution is 7.91. The number of hydrogen-bond donors (Lipinski definition) is 0. The van der Waals surface area contributed by atoms with Crippen molar-refractivity contribution in [1.82, 2.24) is 14.8 Å². The highest BCUT2D eigenvalue weighted by Crippen LogP contribution is 2.39. The molecule has 2 aromatic carbocycles. The maximum Gasteiger partial charge on any atom is 0.210 e. The summed E-state index contributed by atoms with van der Waals surface area (Å²) in [5.74, 6) is 0.679. The van der Waals surface area contributed by atoms with Gasteiger partial charge in [0.25, 0.3) is 0 Å². The van der Waals surface area contributed by atoms with Crippen molar-refractivity contribution in [2.45, 2.75) is 111 Å². The number of benzene rings is 2. The number of anilines is 1. The Kier molecular flexibility index (Phi) is 12.1. The molecular formula is C38H54N4O4S2. The fourth-order valence-corrected chi connectivity index (χ4v) is 9.91. The first-order valence-electron chi connectivity index (χ1n) is 18.3. The number of ether oxygens (including phenoxy) is 1. The van der Waals surface area contributed by atoms with Gasteiger partial charge in [-0.25, -0.2) is 8.42 Å². The molecule has 262 valence electrons. The van der Waals surface area contributed by atoms with Gasteiger partial charge in [0.2, 0.25) is 9.84 Å². The van der Waals surface area contributed by atoms with E-state index in [0.717, 1.165) is 63.3 Å². The summed E-state index contributed by atoms with van der Waals surface area (Å²) in [5, 5.41) is 0.743. The summed E-state index contributed by atoms with van der Waals surface area (Å²) in [6.07, 6.45) is 17.5. The van der Waals surface area contributed by atoms with Crippen LogP contribution in [0.4, 0.5) is 5.69 Å². The summed E-state index contributed by atoms with van der Waals surface area (Å²) in [7, 11) is -5.10. The van der Waals surface area contributed by atoms with Crippen molar-refractivity contribution in [1.29, 1.82) is 0 Å². The molecule has 0 amide bonds. The quantitative estimate of drug-likeness (QED) is 0.176. The second-order valence-corrected chi connectivity index (χ2v) is 17.2. The van der Waals surface area contributed by atoms with E-state index in [4.69, 9.17) is 4.74 Å². The molecule has 10 heteroatoms. The molecule has 1 unspecified atom stereocenters. The van der Waals surface area contributed by atoms with Crippen LogP contribution in [0.1, 0.15) is 84.0 Å². The molecule has 0 saturated carbocycles. The number of rotatable bonds is 13. The minimum atomic E-state index is -3.90. The molecule has 3 fully saturated rings. The lowest BCUT2D eigenvalue weighted by Gasteiger charge is -2.45. The van der Waals surface area contributed by atoms with Crippen molar-refractivity contribution in [3.63, 3.8) is 0 Å². The van der Waals surface area contributed by atoms with E-state index in [2.05, 4.69) is 26.6 Å². The second-order valence-electron chi connectivity index (χ2n) is 13.9. The van der Waals surface area contributed by atoms with Gasteiger partial charge in [-0.15, -0.1) is 0 Å². The number of nitrogens with zero attached hydrogens (tertiary/aromatic N) is 4. The molecular weight excluding hydrogens is 641 g/mol. The number of pyridine rings is 1. The van der Waals surface area contributed by atoms with Gasteiger partial charge in [-0.2, -0.15) is 0 Å². The first kappa shape index (κ1) is 35.3. The molecule has 4 heterocycles. The molecule has 0 N–H and O–H groups in total. The first-order valence-corrected chi connectivity index (χ1v) is 21.4. The van der Waals surface area contributed by atoms with Gasteiger partial charge in [0, 0.05) is 58.7 Å². The average molecular weight is 695 g/mol. The summed E-state index contributed by atoms with van der Waals surface area (Å²) < 4.78 is 47.1. The lowest BCUT2D eigenvalue weighted by Crippen LogP contribution is -2.52. The molecule has 8 nitrogen and oxygen atoms in total. The molecule has 0 bridgehead atoms. The average Bonchev–Trinajstić information content (AvgIpc) is 3.13. The molecule has 6 rings (SSSR count). The van der Waals surface area contributed by atoms with E-state index >= 15 is 0 Å². The summed E-state index contributed by atoms with van der Waals surface area (Å²) in [5.41, 5.74) is 1.39. The smallest absolute Gasteiger partial charge is 0.210 e. The van der Waals surface area contributed by atoms with Crippen LogP contribution in [0.15, 0.2) is 63.3 Å². The SMILES string of the molecule is CCCCCCCOc1ccc(S(=O)(=O)c2cnc3ccc(S(C)=O)cc3c2N2CCC(N3CCC(N4CCCCC4)CC3)CC2)cc1. The predicted octanol–water partition coefficient (Wildman–Crippen LogP) is 7.07. The molecule has 0 aliphatic carbocycles. The predicted molar refractivity (Wildman–Crippen MR) is 195 cm³/mol. The van der Waals surface area contributed by atoms with Gasteiger partial charge in [0.15, 0.2) is 0 Å². The fraction of sp³-hybridized carbons (Fsp3) is 0.605. The van der Waals surface area contributed by atoms with Crippen LogP contribution < -0.4 is 9.64 Å². The number of fused-ring (bicyclic) bond motifs is 1. The Morgan fingerprint density at radius 2 is 1.46 bits per heavy atom. The van der Waals surface area contributed by atoms with E-state index in [9.17, 15) is 12.6 Å². The van der Waals surface area contributed by atoms with Gasteiger partial charge < -0.3 is 19.4 Å².